The summed E-state index contributed by atoms with van der Waals surface area (Å²) in [6, 6.07) is 14.5. The molecule has 0 saturated carbocycles. The molecular formula is C21H19FN4O3S. The van der Waals surface area contributed by atoms with E-state index in [2.05, 4.69) is 14.7 Å². The summed E-state index contributed by atoms with van der Waals surface area (Å²) in [4.78, 5) is 10.3. The molecule has 1 N–H and O–H groups in total. The van der Waals surface area contributed by atoms with Gasteiger partial charge in [0.2, 0.25) is 15.7 Å². The van der Waals surface area contributed by atoms with E-state index < -0.39 is 10.0 Å². The van der Waals surface area contributed by atoms with Gasteiger partial charge in [0.05, 0.1) is 4.90 Å². The van der Waals surface area contributed by atoms with Crippen LogP contribution in [0.25, 0.3) is 22.4 Å². The molecule has 0 spiro atoms. The highest BCUT2D eigenvalue weighted by Gasteiger charge is 2.17. The maximum Gasteiger partial charge on any atom is 0.299 e. The summed E-state index contributed by atoms with van der Waals surface area (Å²) in [6.45, 7) is 0.0309. The zero-order chi connectivity index (χ0) is 21.3. The summed E-state index contributed by atoms with van der Waals surface area (Å²) in [5.41, 5.74) is 3.08. The number of nitrogens with one attached hydrogen (secondary N) is 1. The predicted octanol–water partition coefficient (Wildman–Crippen LogP) is 3.57. The summed E-state index contributed by atoms with van der Waals surface area (Å²) >= 11 is 0. The van der Waals surface area contributed by atoms with Crippen molar-refractivity contribution in [3.05, 3.63) is 72.2 Å². The highest BCUT2D eigenvalue weighted by Crippen LogP contribution is 2.24. The number of anilines is 1. The first-order chi connectivity index (χ1) is 14.3. The molecule has 2 heterocycles. The molecule has 9 heteroatoms. The summed E-state index contributed by atoms with van der Waals surface area (Å²) in [5.74, 6) is -0.322. The maximum absolute atomic E-state index is 13.1. The van der Waals surface area contributed by atoms with Gasteiger partial charge >= 0.3 is 0 Å². The number of pyridine rings is 1. The van der Waals surface area contributed by atoms with E-state index >= 15 is 0 Å². The van der Waals surface area contributed by atoms with Crippen LogP contribution in [-0.4, -0.2) is 32.5 Å². The zero-order valence-corrected chi connectivity index (χ0v) is 17.1. The maximum atomic E-state index is 13.1. The van der Waals surface area contributed by atoms with Crippen LogP contribution in [0.4, 0.5) is 10.4 Å². The van der Waals surface area contributed by atoms with Crippen LogP contribution in [0, 0.1) is 5.82 Å². The molecule has 4 rings (SSSR count). The van der Waals surface area contributed by atoms with Crippen molar-refractivity contribution in [2.45, 2.75) is 11.4 Å². The normalized spacial score (nSPS) is 11.7. The van der Waals surface area contributed by atoms with E-state index in [9.17, 15) is 12.8 Å². The van der Waals surface area contributed by atoms with E-state index in [0.29, 0.717) is 22.8 Å². The number of hydrogen-bond acceptors (Lipinski definition) is 6. The van der Waals surface area contributed by atoms with Crippen molar-refractivity contribution in [3.63, 3.8) is 0 Å². The number of aromatic nitrogens is 2. The Morgan fingerprint density at radius 2 is 1.63 bits per heavy atom. The van der Waals surface area contributed by atoms with Crippen molar-refractivity contribution in [1.29, 1.82) is 0 Å². The van der Waals surface area contributed by atoms with E-state index in [1.165, 1.54) is 24.3 Å². The third-order valence-corrected chi connectivity index (χ3v) is 5.96. The number of sulfonamides is 1. The number of oxazole rings is 1. The second-order valence-corrected chi connectivity index (χ2v) is 8.64. The first-order valence-corrected chi connectivity index (χ1v) is 10.6. The molecule has 4 aromatic rings. The molecule has 0 bridgehead atoms. The lowest BCUT2D eigenvalue weighted by Gasteiger charge is -2.08. The fourth-order valence-corrected chi connectivity index (χ4v) is 3.93. The van der Waals surface area contributed by atoms with Gasteiger partial charge in [-0.25, -0.2) is 22.5 Å². The van der Waals surface area contributed by atoms with Gasteiger partial charge in [0, 0.05) is 32.4 Å². The Morgan fingerprint density at radius 3 is 2.27 bits per heavy atom. The van der Waals surface area contributed by atoms with Crippen molar-refractivity contribution < 1.29 is 17.2 Å². The second kappa shape index (κ2) is 7.85. The van der Waals surface area contributed by atoms with Gasteiger partial charge < -0.3 is 9.32 Å². The third kappa shape index (κ3) is 4.03. The van der Waals surface area contributed by atoms with Gasteiger partial charge in [-0.2, -0.15) is 4.98 Å². The van der Waals surface area contributed by atoms with E-state index in [1.807, 2.05) is 0 Å². The molecule has 0 amide bonds. The molecule has 0 fully saturated rings. The molecular weight excluding hydrogens is 407 g/mol. The minimum atomic E-state index is -3.75. The predicted molar refractivity (Wildman–Crippen MR) is 112 cm³/mol. The number of hydrogen-bond donors (Lipinski definition) is 1. The van der Waals surface area contributed by atoms with E-state index in [0.717, 1.165) is 11.1 Å². The van der Waals surface area contributed by atoms with Crippen molar-refractivity contribution >= 4 is 27.3 Å². The summed E-state index contributed by atoms with van der Waals surface area (Å²) in [5, 5.41) is 0. The lowest BCUT2D eigenvalue weighted by molar-refractivity contribution is 0.577. The average Bonchev–Trinajstić information content (AvgIpc) is 3.18. The van der Waals surface area contributed by atoms with Crippen molar-refractivity contribution in [1.82, 2.24) is 14.7 Å². The zero-order valence-electron chi connectivity index (χ0n) is 16.3. The number of halogens is 1. The molecule has 0 saturated heterocycles. The fraction of sp³-hybridized carbons (Fsp3) is 0.143. The SMILES string of the molecule is CN(C)c1nc2nccc(CNS(=O)(=O)c3ccc(-c4ccc(F)cc4)cc3)c2o1. The highest BCUT2D eigenvalue weighted by molar-refractivity contribution is 7.89. The van der Waals surface area contributed by atoms with Crippen LogP contribution < -0.4 is 9.62 Å². The lowest BCUT2D eigenvalue weighted by Crippen LogP contribution is -2.23. The molecule has 0 unspecified atom stereocenters. The van der Waals surface area contributed by atoms with Crippen molar-refractivity contribution in [2.24, 2.45) is 0 Å². The molecule has 2 aromatic carbocycles. The van der Waals surface area contributed by atoms with Crippen LogP contribution in [0.3, 0.4) is 0 Å². The van der Waals surface area contributed by atoms with Gasteiger partial charge in [0.15, 0.2) is 5.58 Å². The number of nitrogens with zero attached hydrogens (tertiary/aromatic N) is 3. The van der Waals surface area contributed by atoms with Crippen molar-refractivity contribution in [3.8, 4) is 11.1 Å². The van der Waals surface area contributed by atoms with Crippen LogP contribution in [0.2, 0.25) is 0 Å². The van der Waals surface area contributed by atoms with E-state index in [-0.39, 0.29) is 17.3 Å². The van der Waals surface area contributed by atoms with Gasteiger partial charge in [-0.3, -0.25) is 0 Å². The fourth-order valence-electron chi connectivity index (χ4n) is 2.93. The van der Waals surface area contributed by atoms with E-state index in [4.69, 9.17) is 4.42 Å². The van der Waals surface area contributed by atoms with Crippen molar-refractivity contribution in [2.75, 3.05) is 19.0 Å². The molecule has 7 nitrogen and oxygen atoms in total. The molecule has 0 aliphatic rings. The Labute approximate surface area is 173 Å². The summed E-state index contributed by atoms with van der Waals surface area (Å²) in [6.07, 6.45) is 1.56. The van der Waals surface area contributed by atoms with Gasteiger partial charge in [-0.05, 0) is 41.5 Å². The van der Waals surface area contributed by atoms with Gasteiger partial charge in [-0.1, -0.05) is 24.3 Å². The first kappa shape index (κ1) is 20.0. The molecule has 0 aliphatic heterocycles. The monoisotopic (exact) mass is 426 g/mol. The second-order valence-electron chi connectivity index (χ2n) is 6.87. The Balaban J connectivity index is 1.53. The molecule has 0 atom stereocenters. The minimum Gasteiger partial charge on any atom is -0.421 e. The summed E-state index contributed by atoms with van der Waals surface area (Å²) in [7, 11) is -0.157. The Hall–Kier alpha value is -3.30. The van der Waals surface area contributed by atoms with Crippen LogP contribution in [0.15, 0.2) is 70.1 Å². The summed E-state index contributed by atoms with van der Waals surface area (Å²) < 4.78 is 46.8. The highest BCUT2D eigenvalue weighted by atomic mass is 32.2. The van der Waals surface area contributed by atoms with Crippen LogP contribution >= 0.6 is 0 Å². The Morgan fingerprint density at radius 1 is 1.00 bits per heavy atom. The van der Waals surface area contributed by atoms with Crippen LogP contribution in [0.1, 0.15) is 5.56 Å². The molecule has 30 heavy (non-hydrogen) atoms. The smallest absolute Gasteiger partial charge is 0.299 e. The minimum absolute atomic E-state index is 0.0309. The topological polar surface area (TPSA) is 88.3 Å². The molecule has 0 radical (unpaired) electrons. The Bertz CT molecular complexity index is 1280. The first-order valence-electron chi connectivity index (χ1n) is 9.11. The largest absolute Gasteiger partial charge is 0.421 e. The molecule has 0 aliphatic carbocycles. The number of fused-ring (bicyclic) bond motifs is 1. The Kier molecular flexibility index (Phi) is 5.23. The van der Waals surface area contributed by atoms with Crippen LogP contribution in [-0.2, 0) is 16.6 Å². The molecule has 2 aromatic heterocycles. The van der Waals surface area contributed by atoms with Crippen LogP contribution in [0.5, 0.6) is 0 Å². The molecule has 154 valence electrons. The standard InChI is InChI=1S/C21H19FN4O3S/c1-26(2)21-25-20-19(29-21)16(11-12-23-20)13-24-30(27,28)18-9-5-15(6-10-18)14-3-7-17(22)8-4-14/h3-12,24H,13H2,1-2H3. The lowest BCUT2D eigenvalue weighted by atomic mass is 10.1. The van der Waals surface area contributed by atoms with Gasteiger partial charge in [0.1, 0.15) is 5.82 Å². The van der Waals surface area contributed by atoms with Gasteiger partial charge in [0.25, 0.3) is 6.01 Å². The van der Waals surface area contributed by atoms with Gasteiger partial charge in [-0.15, -0.1) is 0 Å². The number of benzene rings is 2. The quantitative estimate of drug-likeness (QED) is 0.507. The third-order valence-electron chi connectivity index (χ3n) is 4.54. The number of rotatable bonds is 6. The van der Waals surface area contributed by atoms with E-state index in [1.54, 1.807) is 55.5 Å². The average molecular weight is 426 g/mol.